The van der Waals surface area contributed by atoms with Gasteiger partial charge in [-0.25, -0.2) is 0 Å². The topological polar surface area (TPSA) is 34.9 Å². The van der Waals surface area contributed by atoms with Crippen molar-refractivity contribution in [2.24, 2.45) is 13.0 Å². The van der Waals surface area contributed by atoms with E-state index in [1.807, 2.05) is 20.2 Å². The van der Waals surface area contributed by atoms with Crippen molar-refractivity contribution in [3.8, 4) is 0 Å². The number of nitrogens with zero attached hydrogens (tertiary/aromatic N) is 2. The number of aromatic nitrogens is 2. The van der Waals surface area contributed by atoms with Crippen molar-refractivity contribution < 1.29 is 4.79 Å². The predicted molar refractivity (Wildman–Crippen MR) is 63.5 cm³/mol. The second-order valence-corrected chi connectivity index (χ2v) is 4.85. The quantitative estimate of drug-likeness (QED) is 0.567. The molecular weight excluding hydrogens is 200 g/mol. The largest absolute Gasteiger partial charge is 0.294 e. The summed E-state index contributed by atoms with van der Waals surface area (Å²) in [6, 6.07) is 0. The van der Waals surface area contributed by atoms with Gasteiger partial charge in [-0.2, -0.15) is 5.10 Å². The molecule has 2 rings (SSSR count). The van der Waals surface area contributed by atoms with Crippen LogP contribution in [-0.2, 0) is 7.05 Å². The van der Waals surface area contributed by atoms with E-state index >= 15 is 0 Å². The van der Waals surface area contributed by atoms with Crippen LogP contribution in [0.15, 0.2) is 6.20 Å². The summed E-state index contributed by atoms with van der Waals surface area (Å²) < 4.78 is 1.74. The second-order valence-electron chi connectivity index (χ2n) is 4.85. The first-order valence-corrected chi connectivity index (χ1v) is 6.23. The normalized spacial score (nSPS) is 18.4. The van der Waals surface area contributed by atoms with Crippen LogP contribution in [0, 0.1) is 12.8 Å². The Morgan fingerprint density at radius 3 is 2.44 bits per heavy atom. The van der Waals surface area contributed by atoms with E-state index in [4.69, 9.17) is 0 Å². The van der Waals surface area contributed by atoms with Crippen molar-refractivity contribution in [1.82, 2.24) is 9.78 Å². The predicted octanol–water partition coefficient (Wildman–Crippen LogP) is 2.88. The molecule has 1 heterocycles. The van der Waals surface area contributed by atoms with Gasteiger partial charge in [0.15, 0.2) is 5.78 Å². The Hall–Kier alpha value is -1.12. The summed E-state index contributed by atoms with van der Waals surface area (Å²) in [4.78, 5) is 12.3. The van der Waals surface area contributed by atoms with Gasteiger partial charge in [0.25, 0.3) is 0 Å². The Morgan fingerprint density at radius 1 is 1.31 bits per heavy atom. The zero-order valence-corrected chi connectivity index (χ0v) is 10.2. The Balaban J connectivity index is 2.14. The number of rotatable bonds is 2. The van der Waals surface area contributed by atoms with Crippen LogP contribution in [-0.4, -0.2) is 15.6 Å². The molecule has 0 amide bonds. The molecule has 0 aliphatic heterocycles. The summed E-state index contributed by atoms with van der Waals surface area (Å²) in [5.74, 6) is 0.554. The summed E-state index contributed by atoms with van der Waals surface area (Å²) >= 11 is 0. The highest BCUT2D eigenvalue weighted by molar-refractivity contribution is 5.98. The molecule has 1 aromatic rings. The average Bonchev–Trinajstić information content (AvgIpc) is 2.49. The Kier molecular flexibility index (Phi) is 3.42. The van der Waals surface area contributed by atoms with Gasteiger partial charge in [-0.3, -0.25) is 9.48 Å². The molecule has 0 unspecified atom stereocenters. The number of hydrogen-bond donors (Lipinski definition) is 0. The third-order valence-corrected chi connectivity index (χ3v) is 3.50. The fraction of sp³-hybridized carbons (Fsp3) is 0.692. The van der Waals surface area contributed by atoms with E-state index in [9.17, 15) is 4.79 Å². The minimum absolute atomic E-state index is 0.241. The van der Waals surface area contributed by atoms with Gasteiger partial charge in [-0.1, -0.05) is 25.7 Å². The number of hydrogen-bond acceptors (Lipinski definition) is 2. The van der Waals surface area contributed by atoms with Crippen LogP contribution in [0.5, 0.6) is 0 Å². The first kappa shape index (κ1) is 11.4. The minimum Gasteiger partial charge on any atom is -0.294 e. The average molecular weight is 220 g/mol. The van der Waals surface area contributed by atoms with Gasteiger partial charge in [0, 0.05) is 19.2 Å². The highest BCUT2D eigenvalue weighted by atomic mass is 16.1. The van der Waals surface area contributed by atoms with Gasteiger partial charge in [-0.05, 0) is 19.8 Å². The lowest BCUT2D eigenvalue weighted by Gasteiger charge is -2.11. The second kappa shape index (κ2) is 4.81. The number of carbonyl (C=O) groups is 1. The molecule has 0 aromatic carbocycles. The maximum absolute atomic E-state index is 12.3. The molecule has 0 bridgehead atoms. The maximum atomic E-state index is 12.3. The lowest BCUT2D eigenvalue weighted by molar-refractivity contribution is 0.0907. The Labute approximate surface area is 96.8 Å². The molecule has 0 saturated heterocycles. The van der Waals surface area contributed by atoms with Gasteiger partial charge in [0.2, 0.25) is 0 Å². The van der Waals surface area contributed by atoms with Crippen LogP contribution in [0.2, 0.25) is 0 Å². The third kappa shape index (κ3) is 2.34. The van der Waals surface area contributed by atoms with E-state index in [0.29, 0.717) is 5.78 Å². The van der Waals surface area contributed by atoms with Crippen molar-refractivity contribution in [2.75, 3.05) is 0 Å². The minimum atomic E-state index is 0.241. The van der Waals surface area contributed by atoms with Crippen LogP contribution < -0.4 is 0 Å². The van der Waals surface area contributed by atoms with E-state index in [1.165, 1.54) is 25.7 Å². The molecule has 1 aromatic heterocycles. The number of carbonyl (C=O) groups excluding carboxylic acids is 1. The third-order valence-electron chi connectivity index (χ3n) is 3.50. The van der Waals surface area contributed by atoms with Crippen LogP contribution in [0.25, 0.3) is 0 Å². The molecule has 88 valence electrons. The molecule has 1 saturated carbocycles. The molecular formula is C13H20N2O. The van der Waals surface area contributed by atoms with Gasteiger partial charge < -0.3 is 0 Å². The molecule has 0 N–H and O–H groups in total. The van der Waals surface area contributed by atoms with E-state index in [0.717, 1.165) is 24.1 Å². The molecule has 3 nitrogen and oxygen atoms in total. The molecule has 1 fully saturated rings. The maximum Gasteiger partial charge on any atom is 0.169 e. The van der Waals surface area contributed by atoms with Crippen LogP contribution in [0.4, 0.5) is 0 Å². The van der Waals surface area contributed by atoms with Crippen molar-refractivity contribution in [3.05, 3.63) is 17.5 Å². The summed E-state index contributed by atoms with van der Waals surface area (Å²) in [6.07, 6.45) is 8.97. The lowest BCUT2D eigenvalue weighted by Crippen LogP contribution is -2.14. The molecule has 16 heavy (non-hydrogen) atoms. The standard InChI is InChI=1S/C13H20N2O/c1-10-12(9-15(2)14-10)13(16)11-7-5-3-4-6-8-11/h9,11H,3-8H2,1-2H3. The SMILES string of the molecule is Cc1nn(C)cc1C(=O)C1CCCCCC1. The van der Waals surface area contributed by atoms with Crippen molar-refractivity contribution in [1.29, 1.82) is 0 Å². The molecule has 3 heteroatoms. The monoisotopic (exact) mass is 220 g/mol. The highest BCUT2D eigenvalue weighted by Crippen LogP contribution is 2.26. The van der Waals surface area contributed by atoms with E-state index in [2.05, 4.69) is 5.10 Å². The van der Waals surface area contributed by atoms with E-state index < -0.39 is 0 Å². The smallest absolute Gasteiger partial charge is 0.169 e. The summed E-state index contributed by atoms with van der Waals surface area (Å²) in [5.41, 5.74) is 1.70. The van der Waals surface area contributed by atoms with Crippen LogP contribution in [0.3, 0.4) is 0 Å². The molecule has 1 aliphatic carbocycles. The number of Topliss-reactive ketones (excluding diaryl/α,β-unsaturated/α-hetero) is 1. The zero-order chi connectivity index (χ0) is 11.5. The summed E-state index contributed by atoms with van der Waals surface area (Å²) in [7, 11) is 1.87. The van der Waals surface area contributed by atoms with Crippen LogP contribution in [0.1, 0.15) is 54.6 Å². The number of aryl methyl sites for hydroxylation is 2. The molecule has 1 aliphatic rings. The van der Waals surface area contributed by atoms with Gasteiger partial charge in [0.05, 0.1) is 11.3 Å². The van der Waals surface area contributed by atoms with Gasteiger partial charge in [0.1, 0.15) is 0 Å². The highest BCUT2D eigenvalue weighted by Gasteiger charge is 2.23. The Bertz CT molecular complexity index is 373. The number of ketones is 1. The first-order valence-electron chi connectivity index (χ1n) is 6.23. The van der Waals surface area contributed by atoms with Crippen molar-refractivity contribution >= 4 is 5.78 Å². The molecule has 0 spiro atoms. The first-order chi connectivity index (χ1) is 7.68. The lowest BCUT2D eigenvalue weighted by atomic mass is 9.91. The zero-order valence-electron chi connectivity index (χ0n) is 10.2. The van der Waals surface area contributed by atoms with E-state index in [1.54, 1.807) is 4.68 Å². The van der Waals surface area contributed by atoms with Gasteiger partial charge in [-0.15, -0.1) is 0 Å². The Morgan fingerprint density at radius 2 is 1.94 bits per heavy atom. The van der Waals surface area contributed by atoms with E-state index in [-0.39, 0.29) is 5.92 Å². The molecule has 0 atom stereocenters. The van der Waals surface area contributed by atoms with Crippen molar-refractivity contribution in [3.63, 3.8) is 0 Å². The summed E-state index contributed by atoms with van der Waals surface area (Å²) in [5, 5.41) is 4.25. The van der Waals surface area contributed by atoms with Gasteiger partial charge >= 0.3 is 0 Å². The molecule has 0 radical (unpaired) electrons. The van der Waals surface area contributed by atoms with Crippen LogP contribution >= 0.6 is 0 Å². The fourth-order valence-electron chi connectivity index (χ4n) is 2.60. The fourth-order valence-corrected chi connectivity index (χ4v) is 2.60. The van der Waals surface area contributed by atoms with Crippen molar-refractivity contribution in [2.45, 2.75) is 45.4 Å². The summed E-state index contributed by atoms with van der Waals surface area (Å²) in [6.45, 7) is 1.92.